The van der Waals surface area contributed by atoms with Crippen LogP contribution in [0.5, 0.6) is 0 Å². The molecule has 5 nitrogen and oxygen atoms in total. The van der Waals surface area contributed by atoms with Gasteiger partial charge in [-0.3, -0.25) is 4.79 Å². The number of rotatable bonds is 8. The van der Waals surface area contributed by atoms with Gasteiger partial charge in [0.15, 0.2) is 0 Å². The summed E-state index contributed by atoms with van der Waals surface area (Å²) in [7, 11) is -0.674. The number of unbranched alkanes of at least 4 members (excludes halogenated alkanes) is 1. The number of sulfonamides is 1. The lowest BCUT2D eigenvalue weighted by atomic mass is 10.1. The third kappa shape index (κ3) is 5.37. The van der Waals surface area contributed by atoms with E-state index in [2.05, 4.69) is 5.32 Å². The van der Waals surface area contributed by atoms with E-state index in [9.17, 15) is 17.6 Å². The highest BCUT2D eigenvalue weighted by Crippen LogP contribution is 2.15. The van der Waals surface area contributed by atoms with Gasteiger partial charge in [-0.05, 0) is 55.2 Å². The first-order chi connectivity index (χ1) is 12.3. The SMILES string of the molecule is CN(C)S(=O)(=O)c1cccc(C(=O)NCCCCc2ccc(F)cc2)c1. The van der Waals surface area contributed by atoms with E-state index in [4.69, 9.17) is 0 Å². The second-order valence-corrected chi connectivity index (χ2v) is 8.31. The molecule has 26 heavy (non-hydrogen) atoms. The molecule has 0 spiro atoms. The van der Waals surface area contributed by atoms with Crippen molar-refractivity contribution in [2.24, 2.45) is 0 Å². The highest BCUT2D eigenvalue weighted by molar-refractivity contribution is 7.89. The number of nitrogens with zero attached hydrogens (tertiary/aromatic N) is 1. The minimum Gasteiger partial charge on any atom is -0.352 e. The highest BCUT2D eigenvalue weighted by Gasteiger charge is 2.18. The van der Waals surface area contributed by atoms with Crippen molar-refractivity contribution in [1.29, 1.82) is 0 Å². The van der Waals surface area contributed by atoms with Gasteiger partial charge >= 0.3 is 0 Å². The van der Waals surface area contributed by atoms with E-state index in [1.807, 2.05) is 0 Å². The Hall–Kier alpha value is -2.25. The van der Waals surface area contributed by atoms with E-state index in [1.165, 1.54) is 38.4 Å². The average Bonchev–Trinajstić information content (AvgIpc) is 2.62. The molecule has 2 aromatic rings. The lowest BCUT2D eigenvalue weighted by Gasteiger charge is -2.12. The maximum Gasteiger partial charge on any atom is 0.251 e. The zero-order valence-electron chi connectivity index (χ0n) is 14.9. The number of carbonyl (C=O) groups is 1. The number of hydrogen-bond acceptors (Lipinski definition) is 3. The molecule has 0 radical (unpaired) electrons. The fourth-order valence-corrected chi connectivity index (χ4v) is 3.37. The first-order valence-electron chi connectivity index (χ1n) is 8.36. The van der Waals surface area contributed by atoms with Crippen molar-refractivity contribution in [1.82, 2.24) is 9.62 Å². The van der Waals surface area contributed by atoms with Gasteiger partial charge in [0.25, 0.3) is 5.91 Å². The summed E-state index contributed by atoms with van der Waals surface area (Å²) in [6, 6.07) is 12.4. The van der Waals surface area contributed by atoms with Gasteiger partial charge < -0.3 is 5.32 Å². The Balaban J connectivity index is 1.83. The molecule has 1 amide bonds. The molecule has 0 fully saturated rings. The summed E-state index contributed by atoms with van der Waals surface area (Å²) in [5, 5.41) is 2.79. The quantitative estimate of drug-likeness (QED) is 0.719. The van der Waals surface area contributed by atoms with Gasteiger partial charge in [-0.2, -0.15) is 0 Å². The van der Waals surface area contributed by atoms with Gasteiger partial charge in [0, 0.05) is 26.2 Å². The highest BCUT2D eigenvalue weighted by atomic mass is 32.2. The zero-order valence-corrected chi connectivity index (χ0v) is 15.7. The van der Waals surface area contributed by atoms with E-state index in [-0.39, 0.29) is 16.6 Å². The molecule has 7 heteroatoms. The Morgan fingerprint density at radius 1 is 1.08 bits per heavy atom. The Morgan fingerprint density at radius 2 is 1.77 bits per heavy atom. The molecule has 0 heterocycles. The summed E-state index contributed by atoms with van der Waals surface area (Å²) in [6.07, 6.45) is 2.45. The Bertz CT molecular complexity index is 849. The van der Waals surface area contributed by atoms with Gasteiger partial charge in [-0.1, -0.05) is 18.2 Å². The van der Waals surface area contributed by atoms with Crippen LogP contribution in [0.1, 0.15) is 28.8 Å². The molecule has 2 aromatic carbocycles. The molecule has 0 aliphatic carbocycles. The standard InChI is InChI=1S/C19H23FN2O3S/c1-22(2)26(24,25)18-8-5-7-16(14-18)19(23)21-13-4-3-6-15-9-11-17(20)12-10-15/h5,7-12,14H,3-4,6,13H2,1-2H3,(H,21,23). The first-order valence-corrected chi connectivity index (χ1v) is 9.80. The molecule has 0 aliphatic rings. The fourth-order valence-electron chi connectivity index (χ4n) is 2.42. The van der Waals surface area contributed by atoms with Crippen molar-refractivity contribution in [3.05, 3.63) is 65.5 Å². The molecule has 1 N–H and O–H groups in total. The zero-order chi connectivity index (χ0) is 19.2. The largest absolute Gasteiger partial charge is 0.352 e. The van der Waals surface area contributed by atoms with Gasteiger partial charge in [0.1, 0.15) is 5.82 Å². The van der Waals surface area contributed by atoms with Crippen molar-refractivity contribution in [2.45, 2.75) is 24.2 Å². The number of aryl methyl sites for hydroxylation is 1. The second-order valence-electron chi connectivity index (χ2n) is 6.15. The van der Waals surface area contributed by atoms with Crippen LogP contribution >= 0.6 is 0 Å². The van der Waals surface area contributed by atoms with E-state index >= 15 is 0 Å². The van der Waals surface area contributed by atoms with Gasteiger partial charge in [0.2, 0.25) is 10.0 Å². The topological polar surface area (TPSA) is 66.5 Å². The summed E-state index contributed by atoms with van der Waals surface area (Å²) in [6.45, 7) is 0.491. The van der Waals surface area contributed by atoms with Crippen molar-refractivity contribution in [3.63, 3.8) is 0 Å². The number of benzene rings is 2. The molecule has 2 rings (SSSR count). The van der Waals surface area contributed by atoms with Crippen molar-refractivity contribution in [3.8, 4) is 0 Å². The summed E-state index contributed by atoms with van der Waals surface area (Å²) in [4.78, 5) is 12.3. The van der Waals surface area contributed by atoms with Crippen LogP contribution in [0, 0.1) is 5.82 Å². The van der Waals surface area contributed by atoms with E-state index in [1.54, 1.807) is 24.3 Å². The summed E-state index contributed by atoms with van der Waals surface area (Å²) in [5.41, 5.74) is 1.37. The lowest BCUT2D eigenvalue weighted by molar-refractivity contribution is 0.0953. The molecule has 0 bridgehead atoms. The van der Waals surface area contributed by atoms with Crippen LogP contribution in [-0.4, -0.2) is 39.3 Å². The molecule has 0 atom stereocenters. The van der Waals surface area contributed by atoms with Crippen LogP contribution in [-0.2, 0) is 16.4 Å². The summed E-state index contributed by atoms with van der Waals surface area (Å²) in [5.74, 6) is -0.554. The Labute approximate surface area is 153 Å². The van der Waals surface area contributed by atoms with Crippen LogP contribution in [0.2, 0.25) is 0 Å². The van der Waals surface area contributed by atoms with Crippen LogP contribution in [0.15, 0.2) is 53.4 Å². The monoisotopic (exact) mass is 378 g/mol. The van der Waals surface area contributed by atoms with Crippen LogP contribution in [0.4, 0.5) is 4.39 Å². The second kappa shape index (κ2) is 8.91. The van der Waals surface area contributed by atoms with Gasteiger partial charge in [-0.25, -0.2) is 17.1 Å². The molecular weight excluding hydrogens is 355 g/mol. The van der Waals surface area contributed by atoms with Crippen LogP contribution in [0.25, 0.3) is 0 Å². The summed E-state index contributed by atoms with van der Waals surface area (Å²) < 4.78 is 38.2. The van der Waals surface area contributed by atoms with E-state index in [0.29, 0.717) is 12.1 Å². The number of halogens is 1. The first kappa shape index (κ1) is 20.1. The summed E-state index contributed by atoms with van der Waals surface area (Å²) >= 11 is 0. The fraction of sp³-hybridized carbons (Fsp3) is 0.316. The van der Waals surface area contributed by atoms with Crippen LogP contribution < -0.4 is 5.32 Å². The number of carbonyl (C=O) groups excluding carboxylic acids is 1. The minimum absolute atomic E-state index is 0.0893. The molecule has 0 unspecified atom stereocenters. The number of nitrogens with one attached hydrogen (secondary N) is 1. The number of amides is 1. The molecule has 140 valence electrons. The molecule has 0 saturated heterocycles. The van der Waals surface area contributed by atoms with Gasteiger partial charge in [0.05, 0.1) is 4.90 Å². The number of hydrogen-bond donors (Lipinski definition) is 1. The average molecular weight is 378 g/mol. The third-order valence-corrected chi connectivity index (χ3v) is 5.78. The third-order valence-electron chi connectivity index (χ3n) is 3.97. The molecule has 0 aliphatic heterocycles. The van der Waals surface area contributed by atoms with Crippen LogP contribution in [0.3, 0.4) is 0 Å². The predicted molar refractivity (Wildman–Crippen MR) is 99.0 cm³/mol. The Kier molecular flexibility index (Phi) is 6.88. The van der Waals surface area contributed by atoms with E-state index < -0.39 is 10.0 Å². The van der Waals surface area contributed by atoms with E-state index in [0.717, 1.165) is 29.1 Å². The lowest BCUT2D eigenvalue weighted by Crippen LogP contribution is -2.26. The smallest absolute Gasteiger partial charge is 0.251 e. The maximum atomic E-state index is 12.8. The molecule has 0 aromatic heterocycles. The predicted octanol–water partition coefficient (Wildman–Crippen LogP) is 2.83. The normalized spacial score (nSPS) is 11.5. The van der Waals surface area contributed by atoms with Crippen molar-refractivity contribution >= 4 is 15.9 Å². The molecule has 0 saturated carbocycles. The maximum absolute atomic E-state index is 12.8. The van der Waals surface area contributed by atoms with Gasteiger partial charge in [-0.15, -0.1) is 0 Å². The molecular formula is C19H23FN2O3S. The van der Waals surface area contributed by atoms with Crippen molar-refractivity contribution < 1.29 is 17.6 Å². The minimum atomic E-state index is -3.57. The Morgan fingerprint density at radius 3 is 2.42 bits per heavy atom. The van der Waals surface area contributed by atoms with Crippen molar-refractivity contribution in [2.75, 3.05) is 20.6 Å².